The van der Waals surface area contributed by atoms with Crippen LogP contribution in [0.25, 0.3) is 0 Å². The van der Waals surface area contributed by atoms with Gasteiger partial charge in [0.05, 0.1) is 13.2 Å². The van der Waals surface area contributed by atoms with Gasteiger partial charge in [0.2, 0.25) is 0 Å². The number of morpholine rings is 1. The fraction of sp³-hybridized carbons (Fsp3) is 0.591. The highest BCUT2D eigenvalue weighted by Gasteiger charge is 2.30. The van der Waals surface area contributed by atoms with Gasteiger partial charge in [0.1, 0.15) is 0 Å². The van der Waals surface area contributed by atoms with Gasteiger partial charge >= 0.3 is 0 Å². The van der Waals surface area contributed by atoms with Crippen molar-refractivity contribution in [3.63, 3.8) is 0 Å². The summed E-state index contributed by atoms with van der Waals surface area (Å²) in [6, 6.07) is 10.3. The number of nitrogens with one attached hydrogen (secondary N) is 1. The van der Waals surface area contributed by atoms with Crippen molar-refractivity contribution in [2.75, 3.05) is 44.3 Å². The zero-order valence-corrected chi connectivity index (χ0v) is 17.3. The second-order valence-corrected chi connectivity index (χ2v) is 9.35. The minimum atomic E-state index is 0.589. The van der Waals surface area contributed by atoms with Gasteiger partial charge in [-0.1, -0.05) is 24.3 Å². The Hall–Kier alpha value is -1.47. The molecule has 0 saturated carbocycles. The largest absolute Gasteiger partial charge is 0.378 e. The number of ether oxygens (including phenoxy) is 1. The van der Waals surface area contributed by atoms with E-state index in [1.165, 1.54) is 43.6 Å². The van der Waals surface area contributed by atoms with Crippen LogP contribution in [-0.2, 0) is 24.1 Å². The van der Waals surface area contributed by atoms with Gasteiger partial charge in [-0.15, -0.1) is 11.3 Å². The van der Waals surface area contributed by atoms with Crippen molar-refractivity contribution in [1.29, 1.82) is 0 Å². The fourth-order valence-electron chi connectivity index (χ4n) is 4.82. The first-order valence-corrected chi connectivity index (χ1v) is 11.5. The lowest BCUT2D eigenvalue weighted by atomic mass is 10.0. The summed E-state index contributed by atoms with van der Waals surface area (Å²) >= 11 is 1.83. The Balaban J connectivity index is 1.13. The third-order valence-corrected chi connectivity index (χ3v) is 7.44. The molecule has 6 heteroatoms. The Bertz CT molecular complexity index is 763. The number of thiazole rings is 1. The maximum Gasteiger partial charge on any atom is 0.185 e. The summed E-state index contributed by atoms with van der Waals surface area (Å²) in [5.74, 6) is 0. The fourth-order valence-corrected chi connectivity index (χ4v) is 5.74. The van der Waals surface area contributed by atoms with Gasteiger partial charge in [-0.05, 0) is 43.4 Å². The number of piperidine rings is 1. The predicted octanol–water partition coefficient (Wildman–Crippen LogP) is 2.70. The molecule has 150 valence electrons. The predicted molar refractivity (Wildman–Crippen MR) is 114 cm³/mol. The minimum Gasteiger partial charge on any atom is -0.378 e. The molecule has 1 aliphatic carbocycles. The van der Waals surface area contributed by atoms with Crippen LogP contribution in [0.4, 0.5) is 5.13 Å². The maximum atomic E-state index is 5.45. The summed E-state index contributed by atoms with van der Waals surface area (Å²) in [6.45, 7) is 6.91. The molecule has 1 N–H and O–H groups in total. The molecule has 0 spiro atoms. The number of benzene rings is 1. The van der Waals surface area contributed by atoms with E-state index in [2.05, 4.69) is 50.6 Å². The van der Waals surface area contributed by atoms with Crippen LogP contribution in [0, 0.1) is 0 Å². The number of hydrogen-bond acceptors (Lipinski definition) is 6. The van der Waals surface area contributed by atoms with Crippen LogP contribution in [0.15, 0.2) is 30.5 Å². The standard InChI is InChI=1S/C22H30N4OS/c1-2-5-18-13-20(12-17(18)4-1)26-7-3-6-19(16-26)23-14-21-15-24-22(28-21)25-8-10-27-11-9-25/h1-2,4-5,15,19-20,23H,3,6-14,16H2. The van der Waals surface area contributed by atoms with Crippen molar-refractivity contribution in [2.45, 2.75) is 44.3 Å². The molecular formula is C22H30N4OS. The van der Waals surface area contributed by atoms with E-state index in [1.54, 1.807) is 11.1 Å². The highest BCUT2D eigenvalue weighted by Crippen LogP contribution is 2.28. The maximum absolute atomic E-state index is 5.45. The molecule has 0 radical (unpaired) electrons. The Morgan fingerprint density at radius 2 is 1.89 bits per heavy atom. The van der Waals surface area contributed by atoms with E-state index in [-0.39, 0.29) is 0 Å². The second-order valence-electron chi connectivity index (χ2n) is 8.25. The summed E-state index contributed by atoms with van der Waals surface area (Å²) in [6.07, 6.45) is 7.08. The van der Waals surface area contributed by atoms with Crippen molar-refractivity contribution in [3.05, 3.63) is 46.5 Å². The molecule has 2 fully saturated rings. The average molecular weight is 399 g/mol. The minimum absolute atomic E-state index is 0.589. The summed E-state index contributed by atoms with van der Waals surface area (Å²) < 4.78 is 5.45. The van der Waals surface area contributed by atoms with Gasteiger partial charge in [0.25, 0.3) is 0 Å². The SMILES string of the molecule is c1ccc2c(c1)CC(N1CCCC(NCc3cnc(N4CCOCC4)s3)C1)C2. The van der Waals surface area contributed by atoms with Crippen LogP contribution >= 0.6 is 11.3 Å². The molecule has 28 heavy (non-hydrogen) atoms. The molecular weight excluding hydrogens is 368 g/mol. The highest BCUT2D eigenvalue weighted by molar-refractivity contribution is 7.15. The first-order chi connectivity index (χ1) is 13.8. The lowest BCUT2D eigenvalue weighted by Crippen LogP contribution is -2.49. The van der Waals surface area contributed by atoms with E-state index in [9.17, 15) is 0 Å². The third kappa shape index (κ3) is 4.10. The second kappa shape index (κ2) is 8.49. The van der Waals surface area contributed by atoms with E-state index >= 15 is 0 Å². The summed E-state index contributed by atoms with van der Waals surface area (Å²) in [4.78, 5) is 11.1. The summed E-state index contributed by atoms with van der Waals surface area (Å²) in [5, 5.41) is 4.96. The van der Waals surface area contributed by atoms with E-state index in [0.717, 1.165) is 38.0 Å². The van der Waals surface area contributed by atoms with E-state index < -0.39 is 0 Å². The van der Waals surface area contributed by atoms with Crippen LogP contribution in [0.2, 0.25) is 0 Å². The Morgan fingerprint density at radius 3 is 2.68 bits per heavy atom. The number of anilines is 1. The van der Waals surface area contributed by atoms with E-state index in [4.69, 9.17) is 4.74 Å². The van der Waals surface area contributed by atoms with Crippen LogP contribution < -0.4 is 10.2 Å². The van der Waals surface area contributed by atoms with Crippen LogP contribution in [0.5, 0.6) is 0 Å². The van der Waals surface area contributed by atoms with Crippen LogP contribution in [-0.4, -0.2) is 61.4 Å². The van der Waals surface area contributed by atoms with Gasteiger partial charge in [-0.2, -0.15) is 0 Å². The quantitative estimate of drug-likeness (QED) is 0.839. The average Bonchev–Trinajstić information content (AvgIpc) is 3.40. The smallest absolute Gasteiger partial charge is 0.185 e. The Kier molecular flexibility index (Phi) is 5.63. The van der Waals surface area contributed by atoms with Gasteiger partial charge in [0.15, 0.2) is 5.13 Å². The first-order valence-electron chi connectivity index (χ1n) is 10.7. The van der Waals surface area contributed by atoms with Crippen molar-refractivity contribution in [1.82, 2.24) is 15.2 Å². The molecule has 1 aromatic carbocycles. The lowest BCUT2D eigenvalue weighted by molar-refractivity contribution is 0.122. The van der Waals surface area contributed by atoms with Gasteiger partial charge < -0.3 is 15.0 Å². The zero-order valence-electron chi connectivity index (χ0n) is 16.5. The van der Waals surface area contributed by atoms with Crippen molar-refractivity contribution in [3.8, 4) is 0 Å². The summed E-state index contributed by atoms with van der Waals surface area (Å²) in [7, 11) is 0. The summed E-state index contributed by atoms with van der Waals surface area (Å²) in [5.41, 5.74) is 3.12. The first kappa shape index (κ1) is 18.6. The lowest BCUT2D eigenvalue weighted by Gasteiger charge is -2.37. The molecule has 1 aromatic heterocycles. The number of likely N-dealkylation sites (tertiary alicyclic amines) is 1. The van der Waals surface area contributed by atoms with Crippen LogP contribution in [0.3, 0.4) is 0 Å². The zero-order chi connectivity index (χ0) is 18.8. The molecule has 2 saturated heterocycles. The third-order valence-electron chi connectivity index (χ3n) is 6.39. The van der Waals surface area contributed by atoms with Gasteiger partial charge in [-0.3, -0.25) is 4.90 Å². The molecule has 2 aliphatic heterocycles. The number of nitrogens with zero attached hydrogens (tertiary/aromatic N) is 3. The topological polar surface area (TPSA) is 40.6 Å². The van der Waals surface area contributed by atoms with Crippen molar-refractivity contribution in [2.24, 2.45) is 0 Å². The van der Waals surface area contributed by atoms with Crippen molar-refractivity contribution < 1.29 is 4.74 Å². The van der Waals surface area contributed by atoms with E-state index in [0.29, 0.717) is 12.1 Å². The normalized spacial score (nSPS) is 23.9. The molecule has 3 aliphatic rings. The van der Waals surface area contributed by atoms with Crippen molar-refractivity contribution >= 4 is 16.5 Å². The Labute approximate surface area is 171 Å². The monoisotopic (exact) mass is 398 g/mol. The van der Waals surface area contributed by atoms with Gasteiger partial charge in [-0.25, -0.2) is 4.98 Å². The molecule has 1 atom stereocenters. The number of aromatic nitrogens is 1. The molecule has 3 heterocycles. The molecule has 5 rings (SSSR count). The number of fused-ring (bicyclic) bond motifs is 1. The van der Waals surface area contributed by atoms with Crippen LogP contribution in [0.1, 0.15) is 28.8 Å². The molecule has 1 unspecified atom stereocenters. The highest BCUT2D eigenvalue weighted by atomic mass is 32.1. The number of rotatable bonds is 5. The van der Waals surface area contributed by atoms with Gasteiger partial charge in [0, 0.05) is 49.3 Å². The molecule has 2 aromatic rings. The Morgan fingerprint density at radius 1 is 1.11 bits per heavy atom. The molecule has 5 nitrogen and oxygen atoms in total. The number of hydrogen-bond donors (Lipinski definition) is 1. The molecule has 0 bridgehead atoms. The van der Waals surface area contributed by atoms with E-state index in [1.807, 2.05) is 11.3 Å². The molecule has 0 amide bonds.